The highest BCUT2D eigenvalue weighted by atomic mass is 127. The second-order valence-corrected chi connectivity index (χ2v) is 12.0. The van der Waals surface area contributed by atoms with Crippen molar-refractivity contribution in [3.05, 3.63) is 138 Å². The first-order valence-corrected chi connectivity index (χ1v) is 15.3. The van der Waals surface area contributed by atoms with Crippen LogP contribution in [0, 0.1) is 7.14 Å². The van der Waals surface area contributed by atoms with Gasteiger partial charge >= 0.3 is 0 Å². The average molecular weight is 773 g/mol. The monoisotopic (exact) mass is 773 g/mol. The summed E-state index contributed by atoms with van der Waals surface area (Å²) in [7, 11) is 0. The molecule has 0 aliphatic carbocycles. The third kappa shape index (κ3) is 5.09. The molecule has 7 aromatic rings. The van der Waals surface area contributed by atoms with Gasteiger partial charge in [-0.05, 0) is 103 Å². The number of benzene rings is 5. The maximum absolute atomic E-state index is 13.6. The Kier molecular flexibility index (Phi) is 7.24. The third-order valence-electron chi connectivity index (χ3n) is 6.99. The van der Waals surface area contributed by atoms with E-state index in [1.54, 1.807) is 12.3 Å². The minimum Gasteiger partial charge on any atom is -0.487 e. The topological polar surface area (TPSA) is 69.6 Å². The van der Waals surface area contributed by atoms with Gasteiger partial charge < -0.3 is 9.15 Å². The second kappa shape index (κ2) is 11.3. The van der Waals surface area contributed by atoms with Crippen LogP contribution < -0.4 is 10.3 Å². The van der Waals surface area contributed by atoms with Crippen LogP contribution in [0.4, 0.5) is 0 Å². The van der Waals surface area contributed by atoms with Crippen LogP contribution >= 0.6 is 45.2 Å². The van der Waals surface area contributed by atoms with Gasteiger partial charge in [0.05, 0.1) is 24.3 Å². The Morgan fingerprint density at radius 3 is 2.31 bits per heavy atom. The number of rotatable bonds is 6. The van der Waals surface area contributed by atoms with Gasteiger partial charge in [0, 0.05) is 5.39 Å². The van der Waals surface area contributed by atoms with E-state index >= 15 is 0 Å². The fraction of sp³-hybridized carbons (Fsp3) is 0.0294. The van der Waals surface area contributed by atoms with Crippen LogP contribution in [0.5, 0.6) is 5.75 Å². The van der Waals surface area contributed by atoms with E-state index in [-0.39, 0.29) is 5.56 Å². The standard InChI is InChI=1S/C34H21I2N3O3/c35-27-16-21(17-28(36)32(27)41-20-24-11-7-10-22-8-1-3-12-25(22)24)19-37-39-33(31-18-23-9-2-6-15-30(23)42-31)38-29-14-5-4-13-26(29)34(39)40/h1-19H,20H2. The second-order valence-electron chi connectivity index (χ2n) is 9.70. The largest absolute Gasteiger partial charge is 0.487 e. The smallest absolute Gasteiger partial charge is 0.282 e. The minimum absolute atomic E-state index is 0.272. The molecular formula is C34H21I2N3O3. The molecule has 5 aromatic carbocycles. The van der Waals surface area contributed by atoms with E-state index in [9.17, 15) is 4.79 Å². The van der Waals surface area contributed by atoms with Gasteiger partial charge in [-0.1, -0.05) is 72.8 Å². The number of ether oxygens (including phenoxy) is 1. The SMILES string of the molecule is O=c1c2ccccc2nc(-c2cc3ccccc3o2)n1N=Cc1cc(I)c(OCc2cccc3ccccc23)c(I)c1. The summed E-state index contributed by atoms with van der Waals surface area (Å²) >= 11 is 4.56. The zero-order valence-corrected chi connectivity index (χ0v) is 26.3. The van der Waals surface area contributed by atoms with E-state index in [4.69, 9.17) is 14.1 Å². The van der Waals surface area contributed by atoms with Gasteiger partial charge in [0.1, 0.15) is 17.9 Å². The summed E-state index contributed by atoms with van der Waals surface area (Å²) in [6, 6.07) is 35.4. The molecule has 0 atom stereocenters. The Morgan fingerprint density at radius 1 is 0.810 bits per heavy atom. The highest BCUT2D eigenvalue weighted by Gasteiger charge is 2.17. The van der Waals surface area contributed by atoms with E-state index in [1.165, 1.54) is 15.4 Å². The number of aromatic nitrogens is 2. The van der Waals surface area contributed by atoms with Crippen LogP contribution in [-0.4, -0.2) is 15.9 Å². The molecule has 2 aromatic heterocycles. The Hall–Kier alpha value is -4.03. The van der Waals surface area contributed by atoms with Gasteiger partial charge in [-0.15, -0.1) is 0 Å². The van der Waals surface area contributed by atoms with Crippen molar-refractivity contribution in [1.29, 1.82) is 0 Å². The van der Waals surface area contributed by atoms with Crippen molar-refractivity contribution < 1.29 is 9.15 Å². The average Bonchev–Trinajstić information content (AvgIpc) is 3.44. The van der Waals surface area contributed by atoms with Crippen LogP contribution in [0.25, 0.3) is 44.2 Å². The molecule has 204 valence electrons. The van der Waals surface area contributed by atoms with Gasteiger partial charge in [0.2, 0.25) is 5.82 Å². The molecule has 0 fully saturated rings. The van der Waals surface area contributed by atoms with E-state index < -0.39 is 0 Å². The number of fused-ring (bicyclic) bond motifs is 3. The Morgan fingerprint density at radius 2 is 1.50 bits per heavy atom. The zero-order chi connectivity index (χ0) is 28.6. The minimum atomic E-state index is -0.272. The zero-order valence-electron chi connectivity index (χ0n) is 22.0. The highest BCUT2D eigenvalue weighted by Crippen LogP contribution is 2.31. The van der Waals surface area contributed by atoms with Crippen molar-refractivity contribution in [3.63, 3.8) is 0 Å². The molecule has 0 saturated heterocycles. The molecule has 6 nitrogen and oxygen atoms in total. The fourth-order valence-corrected chi connectivity index (χ4v) is 7.09. The van der Waals surface area contributed by atoms with Crippen molar-refractivity contribution in [1.82, 2.24) is 9.66 Å². The number of halogens is 2. The van der Waals surface area contributed by atoms with Gasteiger partial charge in [0.15, 0.2) is 5.76 Å². The first-order valence-electron chi connectivity index (χ1n) is 13.2. The van der Waals surface area contributed by atoms with Crippen LogP contribution in [0.15, 0.2) is 124 Å². The summed E-state index contributed by atoms with van der Waals surface area (Å²) in [6.07, 6.45) is 1.67. The van der Waals surface area contributed by atoms with E-state index in [0.717, 1.165) is 29.4 Å². The number of hydrogen-bond donors (Lipinski definition) is 0. The maximum atomic E-state index is 13.6. The molecule has 0 spiro atoms. The van der Waals surface area contributed by atoms with Crippen molar-refractivity contribution in [2.75, 3.05) is 0 Å². The normalized spacial score (nSPS) is 11.7. The molecule has 0 radical (unpaired) electrons. The molecule has 0 N–H and O–H groups in total. The van der Waals surface area contributed by atoms with Crippen molar-refractivity contribution in [2.45, 2.75) is 6.61 Å². The van der Waals surface area contributed by atoms with Crippen LogP contribution in [0.1, 0.15) is 11.1 Å². The Bertz CT molecular complexity index is 2160. The number of furan rings is 1. The molecule has 8 heteroatoms. The van der Waals surface area contributed by atoms with Crippen LogP contribution in [-0.2, 0) is 6.61 Å². The molecule has 7 rings (SSSR count). The quantitative estimate of drug-likeness (QED) is 0.125. The maximum Gasteiger partial charge on any atom is 0.282 e. The van der Waals surface area contributed by atoms with Gasteiger partial charge in [-0.2, -0.15) is 9.78 Å². The predicted molar refractivity (Wildman–Crippen MR) is 184 cm³/mol. The number of nitrogens with zero attached hydrogens (tertiary/aromatic N) is 3. The summed E-state index contributed by atoms with van der Waals surface area (Å²) in [5.41, 5.74) is 2.99. The van der Waals surface area contributed by atoms with Crippen LogP contribution in [0.2, 0.25) is 0 Å². The molecule has 2 heterocycles. The molecule has 42 heavy (non-hydrogen) atoms. The van der Waals surface area contributed by atoms with Gasteiger partial charge in [0.25, 0.3) is 5.56 Å². The third-order valence-corrected chi connectivity index (χ3v) is 8.60. The van der Waals surface area contributed by atoms with Crippen molar-refractivity contribution in [2.24, 2.45) is 5.10 Å². The van der Waals surface area contributed by atoms with E-state index in [0.29, 0.717) is 34.7 Å². The molecule has 0 bridgehead atoms. The Balaban J connectivity index is 1.24. The van der Waals surface area contributed by atoms with Crippen molar-refractivity contribution >= 4 is 84.0 Å². The molecule has 0 amide bonds. The van der Waals surface area contributed by atoms with Gasteiger partial charge in [-0.3, -0.25) is 4.79 Å². The summed E-state index contributed by atoms with van der Waals surface area (Å²) in [5.74, 6) is 1.62. The van der Waals surface area contributed by atoms with Crippen LogP contribution in [0.3, 0.4) is 0 Å². The lowest BCUT2D eigenvalue weighted by molar-refractivity contribution is 0.303. The van der Waals surface area contributed by atoms with Gasteiger partial charge in [-0.25, -0.2) is 4.98 Å². The molecule has 0 aliphatic heterocycles. The van der Waals surface area contributed by atoms with E-state index in [1.807, 2.05) is 72.8 Å². The first kappa shape index (κ1) is 26.8. The molecule has 0 saturated carbocycles. The van der Waals surface area contributed by atoms with E-state index in [2.05, 4.69) is 80.6 Å². The summed E-state index contributed by atoms with van der Waals surface area (Å²) in [6.45, 7) is 0.458. The van der Waals surface area contributed by atoms with Crippen molar-refractivity contribution in [3.8, 4) is 17.3 Å². The summed E-state index contributed by atoms with van der Waals surface area (Å²) in [5, 5.41) is 8.40. The Labute approximate surface area is 267 Å². The number of hydrogen-bond acceptors (Lipinski definition) is 5. The lowest BCUT2D eigenvalue weighted by Crippen LogP contribution is -2.20. The summed E-state index contributed by atoms with van der Waals surface area (Å²) in [4.78, 5) is 18.4. The summed E-state index contributed by atoms with van der Waals surface area (Å²) < 4.78 is 15.6. The molecule has 0 unspecified atom stereocenters. The lowest BCUT2D eigenvalue weighted by Gasteiger charge is -2.13. The fourth-order valence-electron chi connectivity index (χ4n) is 4.97. The molecular weight excluding hydrogens is 752 g/mol. The predicted octanol–water partition coefficient (Wildman–Crippen LogP) is 8.63. The lowest BCUT2D eigenvalue weighted by atomic mass is 10.1. The number of para-hydroxylation sites is 2. The first-order chi connectivity index (χ1) is 20.5. The highest BCUT2D eigenvalue weighted by molar-refractivity contribution is 14.1. The molecule has 0 aliphatic rings.